The molecule has 1 rings (SSSR count). The largest absolute Gasteiger partial charge is 0.466 e. The third-order valence-electron chi connectivity index (χ3n) is 2.54. The molecule has 0 spiro atoms. The van der Waals surface area contributed by atoms with Crippen molar-refractivity contribution in [1.82, 2.24) is 4.98 Å². The molecular weight excluding hydrogens is 260 g/mol. The molecule has 0 saturated carbocycles. The number of esters is 2. The number of aromatic nitrogens is 1. The van der Waals surface area contributed by atoms with Gasteiger partial charge in [-0.25, -0.2) is 9.59 Å². The van der Waals surface area contributed by atoms with E-state index in [1.807, 2.05) is 0 Å². The average Bonchev–Trinajstić information content (AvgIpc) is 2.50. The number of methoxy groups -OCH3 is 2. The molecule has 0 aliphatic carbocycles. The molecule has 0 fully saturated rings. The molecule has 0 bridgehead atoms. The highest BCUT2D eigenvalue weighted by molar-refractivity contribution is 6.11. The summed E-state index contributed by atoms with van der Waals surface area (Å²) in [5.74, 6) is -0.909. The summed E-state index contributed by atoms with van der Waals surface area (Å²) >= 11 is 0. The lowest BCUT2D eigenvalue weighted by Crippen LogP contribution is -2.09. The molecule has 106 valence electrons. The van der Waals surface area contributed by atoms with Crippen LogP contribution in [-0.4, -0.2) is 43.9 Å². The molecule has 0 radical (unpaired) electrons. The molecule has 0 N–H and O–H groups in total. The molecule has 0 aliphatic rings. The van der Waals surface area contributed by atoms with Crippen LogP contribution in [0.15, 0.2) is 35.0 Å². The Hall–Kier alpha value is -2.50. The second-order valence-corrected chi connectivity index (χ2v) is 3.85. The maximum absolute atomic E-state index is 11.5. The van der Waals surface area contributed by atoms with Crippen LogP contribution in [0, 0.1) is 0 Å². The van der Waals surface area contributed by atoms with Crippen molar-refractivity contribution in [2.45, 2.75) is 6.92 Å². The number of aliphatic imine (C=N–C) groups is 1. The molecule has 0 aromatic carbocycles. The molecule has 20 heavy (non-hydrogen) atoms. The third kappa shape index (κ3) is 3.74. The number of pyridine rings is 1. The van der Waals surface area contributed by atoms with Crippen molar-refractivity contribution in [1.29, 1.82) is 0 Å². The standard InChI is InChI=1S/C14H16N2O4/c1-9(13(17)19-3)7-11(15-2)12-8-10(5-6-16-12)14(18)20-4/h5-8H,1-4H3/b9-7+,15-11?. The first-order valence-electron chi connectivity index (χ1n) is 5.81. The van der Waals surface area contributed by atoms with Crippen molar-refractivity contribution in [3.63, 3.8) is 0 Å². The van der Waals surface area contributed by atoms with E-state index in [1.165, 1.54) is 20.4 Å². The first-order chi connectivity index (χ1) is 9.53. The van der Waals surface area contributed by atoms with E-state index in [9.17, 15) is 9.59 Å². The van der Waals surface area contributed by atoms with Crippen molar-refractivity contribution in [3.05, 3.63) is 41.2 Å². The molecule has 0 aliphatic heterocycles. The molecule has 0 atom stereocenters. The molecule has 6 heteroatoms. The van der Waals surface area contributed by atoms with E-state index in [1.54, 1.807) is 32.2 Å². The fourth-order valence-electron chi connectivity index (χ4n) is 1.49. The second kappa shape index (κ2) is 7.18. The van der Waals surface area contributed by atoms with Crippen LogP contribution in [0.3, 0.4) is 0 Å². The summed E-state index contributed by atoms with van der Waals surface area (Å²) in [6.45, 7) is 1.61. The zero-order valence-corrected chi connectivity index (χ0v) is 11.8. The van der Waals surface area contributed by atoms with Gasteiger partial charge in [0.1, 0.15) is 0 Å². The Morgan fingerprint density at radius 2 is 2.00 bits per heavy atom. The van der Waals surface area contributed by atoms with Gasteiger partial charge >= 0.3 is 11.9 Å². The fourth-order valence-corrected chi connectivity index (χ4v) is 1.49. The Bertz CT molecular complexity index is 576. The summed E-state index contributed by atoms with van der Waals surface area (Å²) in [5.41, 5.74) is 1.69. The summed E-state index contributed by atoms with van der Waals surface area (Å²) < 4.78 is 9.26. The van der Waals surface area contributed by atoms with Gasteiger partial charge in [0.2, 0.25) is 0 Å². The normalized spacial score (nSPS) is 12.0. The lowest BCUT2D eigenvalue weighted by atomic mass is 10.1. The van der Waals surface area contributed by atoms with Crippen LogP contribution < -0.4 is 0 Å². The van der Waals surface area contributed by atoms with Gasteiger partial charge in [-0.2, -0.15) is 0 Å². The van der Waals surface area contributed by atoms with Gasteiger partial charge < -0.3 is 9.47 Å². The highest BCUT2D eigenvalue weighted by Gasteiger charge is 2.11. The van der Waals surface area contributed by atoms with Crippen molar-refractivity contribution in [2.24, 2.45) is 4.99 Å². The van der Waals surface area contributed by atoms with E-state index in [2.05, 4.69) is 19.5 Å². The van der Waals surface area contributed by atoms with Crippen LogP contribution in [0.5, 0.6) is 0 Å². The van der Waals surface area contributed by atoms with Crippen molar-refractivity contribution >= 4 is 17.7 Å². The minimum Gasteiger partial charge on any atom is -0.466 e. The van der Waals surface area contributed by atoms with Gasteiger partial charge in [0.05, 0.1) is 31.2 Å². The number of nitrogens with zero attached hydrogens (tertiary/aromatic N) is 2. The minimum atomic E-state index is -0.460. The van der Waals surface area contributed by atoms with Crippen LogP contribution in [-0.2, 0) is 14.3 Å². The predicted molar refractivity (Wildman–Crippen MR) is 73.8 cm³/mol. The number of rotatable bonds is 4. The number of hydrogen-bond donors (Lipinski definition) is 0. The van der Waals surface area contributed by atoms with Crippen molar-refractivity contribution < 1.29 is 19.1 Å². The summed E-state index contributed by atoms with van der Waals surface area (Å²) in [6.07, 6.45) is 3.03. The molecule has 0 saturated heterocycles. The lowest BCUT2D eigenvalue weighted by molar-refractivity contribution is -0.136. The zero-order valence-electron chi connectivity index (χ0n) is 11.8. The van der Waals surface area contributed by atoms with Crippen LogP contribution in [0.2, 0.25) is 0 Å². The Kier molecular flexibility index (Phi) is 5.58. The predicted octanol–water partition coefficient (Wildman–Crippen LogP) is 1.41. The topological polar surface area (TPSA) is 77.8 Å². The number of allylic oxidation sites excluding steroid dienone is 1. The van der Waals surface area contributed by atoms with Crippen LogP contribution in [0.4, 0.5) is 0 Å². The Morgan fingerprint density at radius 3 is 2.55 bits per heavy atom. The van der Waals surface area contributed by atoms with Crippen LogP contribution >= 0.6 is 0 Å². The van der Waals surface area contributed by atoms with E-state index in [4.69, 9.17) is 0 Å². The first-order valence-corrected chi connectivity index (χ1v) is 5.81. The molecule has 0 amide bonds. The van der Waals surface area contributed by atoms with E-state index in [0.717, 1.165) is 0 Å². The van der Waals surface area contributed by atoms with Gasteiger partial charge in [-0.05, 0) is 25.1 Å². The quantitative estimate of drug-likeness (QED) is 0.472. The van der Waals surface area contributed by atoms with Crippen molar-refractivity contribution in [3.8, 4) is 0 Å². The molecule has 0 unspecified atom stereocenters. The average molecular weight is 276 g/mol. The molecule has 1 aromatic heterocycles. The maximum Gasteiger partial charge on any atom is 0.337 e. The summed E-state index contributed by atoms with van der Waals surface area (Å²) in [5, 5.41) is 0. The number of carbonyl (C=O) groups is 2. The van der Waals surface area contributed by atoms with Gasteiger partial charge in [0, 0.05) is 18.8 Å². The van der Waals surface area contributed by atoms with Gasteiger partial charge in [-0.3, -0.25) is 9.98 Å². The van der Waals surface area contributed by atoms with E-state index < -0.39 is 11.9 Å². The third-order valence-corrected chi connectivity index (χ3v) is 2.54. The van der Waals surface area contributed by atoms with E-state index >= 15 is 0 Å². The summed E-state index contributed by atoms with van der Waals surface area (Å²) in [4.78, 5) is 31.0. The zero-order chi connectivity index (χ0) is 15.1. The van der Waals surface area contributed by atoms with Gasteiger partial charge in [-0.1, -0.05) is 0 Å². The first kappa shape index (κ1) is 15.6. The maximum atomic E-state index is 11.5. The van der Waals surface area contributed by atoms with Gasteiger partial charge in [0.25, 0.3) is 0 Å². The lowest BCUT2D eigenvalue weighted by Gasteiger charge is -2.04. The molecule has 6 nitrogen and oxygen atoms in total. The minimum absolute atomic E-state index is 0.364. The number of carbonyl (C=O) groups excluding carboxylic acids is 2. The van der Waals surface area contributed by atoms with Crippen LogP contribution in [0.25, 0.3) is 0 Å². The van der Waals surface area contributed by atoms with E-state index in [0.29, 0.717) is 22.5 Å². The Morgan fingerprint density at radius 1 is 1.30 bits per heavy atom. The summed E-state index contributed by atoms with van der Waals surface area (Å²) in [7, 11) is 4.18. The Balaban J connectivity index is 3.15. The second-order valence-electron chi connectivity index (χ2n) is 3.85. The monoisotopic (exact) mass is 276 g/mol. The number of hydrogen-bond acceptors (Lipinski definition) is 6. The molecule has 1 heterocycles. The van der Waals surface area contributed by atoms with Crippen molar-refractivity contribution in [2.75, 3.05) is 21.3 Å². The Labute approximate surface area is 117 Å². The number of ether oxygens (including phenoxy) is 2. The van der Waals surface area contributed by atoms with Crippen LogP contribution in [0.1, 0.15) is 23.0 Å². The van der Waals surface area contributed by atoms with Gasteiger partial charge in [-0.15, -0.1) is 0 Å². The van der Waals surface area contributed by atoms with Gasteiger partial charge in [0.15, 0.2) is 0 Å². The summed E-state index contributed by atoms with van der Waals surface area (Å²) in [6, 6.07) is 3.09. The van der Waals surface area contributed by atoms with E-state index in [-0.39, 0.29) is 0 Å². The highest BCUT2D eigenvalue weighted by atomic mass is 16.5. The molecular formula is C14H16N2O4. The SMILES string of the molecule is CN=C(/C=C(\C)C(=O)OC)c1cc(C(=O)OC)ccn1. The molecule has 1 aromatic rings. The highest BCUT2D eigenvalue weighted by Crippen LogP contribution is 2.08. The fraction of sp³-hybridized carbons (Fsp3) is 0.286. The smallest absolute Gasteiger partial charge is 0.337 e.